The summed E-state index contributed by atoms with van der Waals surface area (Å²) in [4.78, 5) is 0. The molecule has 0 amide bonds. The molecule has 0 aliphatic heterocycles. The normalized spacial score (nSPS) is 22.1. The average molecular weight is 933 g/mol. The maximum Gasteiger partial charge on any atom is 0.142 e. The Morgan fingerprint density at radius 1 is 0.257 bits per heavy atom. The minimum Gasteiger partial charge on any atom is -0.506 e. The summed E-state index contributed by atoms with van der Waals surface area (Å²) in [6, 6.07) is 53.2. The number of phenols is 4. The lowest BCUT2D eigenvalue weighted by Gasteiger charge is -2.71. The third-order valence-electron chi connectivity index (χ3n) is 14.9. The highest BCUT2D eigenvalue weighted by Crippen LogP contribution is 2.75. The van der Waals surface area contributed by atoms with Crippen LogP contribution in [-0.2, 0) is 21.7 Å². The molecular formula is C58H52N4O8. The third kappa shape index (κ3) is 7.96. The number of aromatic hydroxyl groups is 4. The predicted octanol–water partition coefficient (Wildman–Crippen LogP) is 12.4. The Labute approximate surface area is 404 Å². The van der Waals surface area contributed by atoms with E-state index in [0.717, 1.165) is 38.5 Å². The van der Waals surface area contributed by atoms with Crippen LogP contribution in [0.4, 0.5) is 22.7 Å². The Morgan fingerprint density at radius 2 is 0.429 bits per heavy atom. The van der Waals surface area contributed by atoms with Crippen LogP contribution in [-0.4, -0.2) is 20.4 Å². The van der Waals surface area contributed by atoms with E-state index in [1.54, 1.807) is 48.5 Å². The molecule has 0 aromatic heterocycles. The SMILES string of the molecule is Nc1ccc(Oc2ccc(C34CC5(c6ccc(Oc7ccc(N)c(O)c7)cc6)CC(c6ccc(Oc7ccc(N)c(O)c7)cc6)(C3)CC(c3ccc(Oc6ccc(N)c(O)c6)cc3)(C4)C5)cc2)cc1O. The Hall–Kier alpha value is -8.64. The highest BCUT2D eigenvalue weighted by Gasteiger charge is 2.69. The molecule has 4 fully saturated rings. The van der Waals surface area contributed by atoms with Crippen LogP contribution in [0.25, 0.3) is 0 Å². The first-order valence-electron chi connectivity index (χ1n) is 23.2. The molecule has 8 aromatic carbocycles. The molecule has 4 aliphatic rings. The number of ether oxygens (including phenoxy) is 4. The molecule has 4 aliphatic carbocycles. The molecule has 0 spiro atoms. The first-order chi connectivity index (χ1) is 33.7. The number of phenolic OH excluding ortho intramolecular Hbond substituents is 4. The van der Waals surface area contributed by atoms with Crippen LogP contribution < -0.4 is 41.9 Å². The highest BCUT2D eigenvalue weighted by atomic mass is 16.5. The second kappa shape index (κ2) is 16.6. The van der Waals surface area contributed by atoms with E-state index in [1.807, 2.05) is 48.5 Å². The van der Waals surface area contributed by atoms with Crippen LogP contribution in [0.15, 0.2) is 170 Å². The van der Waals surface area contributed by atoms with Crippen molar-refractivity contribution >= 4 is 22.7 Å². The van der Waals surface area contributed by atoms with Gasteiger partial charge in [-0.3, -0.25) is 0 Å². The van der Waals surface area contributed by atoms with E-state index < -0.39 is 0 Å². The largest absolute Gasteiger partial charge is 0.506 e. The molecule has 0 atom stereocenters. The van der Waals surface area contributed by atoms with Gasteiger partial charge >= 0.3 is 0 Å². The Bertz CT molecular complexity index is 2790. The zero-order valence-electron chi connectivity index (χ0n) is 38.1. The van der Waals surface area contributed by atoms with Crippen LogP contribution in [0.1, 0.15) is 60.8 Å². The summed E-state index contributed by atoms with van der Waals surface area (Å²) < 4.78 is 25.0. The number of hydrogen-bond acceptors (Lipinski definition) is 12. The molecule has 0 unspecified atom stereocenters. The standard InChI is InChI=1S/C58H52N4O8/c59-47-21-17-43(25-51(47)63)67-39-9-1-35(2-10-39)55-29-56(36-3-11-40(12-4-36)68-44-18-22-48(60)52(64)26-44)32-57(30-55,37-5-13-41(14-6-37)69-45-19-23-49(61)53(65)27-45)34-58(31-55,33-56)38-7-15-42(16-8-38)70-46-20-24-50(62)54(66)28-46/h1-28,63-66H,29-34,59-62H2. The van der Waals surface area contributed by atoms with Crippen molar-refractivity contribution in [2.75, 3.05) is 22.9 Å². The first kappa shape index (κ1) is 43.9. The van der Waals surface area contributed by atoms with E-state index >= 15 is 0 Å². The topological polar surface area (TPSA) is 222 Å². The van der Waals surface area contributed by atoms with Gasteiger partial charge in [0.1, 0.15) is 69.0 Å². The quantitative estimate of drug-likeness (QED) is 0.0423. The van der Waals surface area contributed by atoms with Crippen molar-refractivity contribution in [2.45, 2.75) is 60.2 Å². The Balaban J connectivity index is 1.02. The summed E-state index contributed by atoms with van der Waals surface area (Å²) in [6.45, 7) is 0. The fraction of sp³-hybridized carbons (Fsp3) is 0.172. The van der Waals surface area contributed by atoms with Crippen molar-refractivity contribution in [1.82, 2.24) is 0 Å². The molecule has 352 valence electrons. The van der Waals surface area contributed by atoms with Gasteiger partial charge in [-0.2, -0.15) is 0 Å². The molecule has 0 radical (unpaired) electrons. The second-order valence-corrected chi connectivity index (χ2v) is 19.6. The lowest BCUT2D eigenvalue weighted by atomic mass is 9.32. The molecule has 70 heavy (non-hydrogen) atoms. The molecule has 4 saturated carbocycles. The van der Waals surface area contributed by atoms with Crippen LogP contribution in [0.5, 0.6) is 69.0 Å². The summed E-state index contributed by atoms with van der Waals surface area (Å²) >= 11 is 0. The number of rotatable bonds is 12. The lowest BCUT2D eigenvalue weighted by Crippen LogP contribution is -2.67. The van der Waals surface area contributed by atoms with Gasteiger partial charge in [0, 0.05) is 24.3 Å². The lowest BCUT2D eigenvalue weighted by molar-refractivity contribution is -0.0692. The Kier molecular flexibility index (Phi) is 10.4. The van der Waals surface area contributed by atoms with Crippen LogP contribution in [0, 0.1) is 0 Å². The fourth-order valence-electron chi connectivity index (χ4n) is 12.3. The summed E-state index contributed by atoms with van der Waals surface area (Å²) in [6.07, 6.45) is 5.36. The molecular weight excluding hydrogens is 881 g/mol. The molecule has 12 rings (SSSR count). The van der Waals surface area contributed by atoms with Crippen molar-refractivity contribution in [3.8, 4) is 69.0 Å². The number of anilines is 4. The van der Waals surface area contributed by atoms with E-state index in [-0.39, 0.29) is 67.4 Å². The zero-order chi connectivity index (χ0) is 48.4. The van der Waals surface area contributed by atoms with Crippen LogP contribution in [0.3, 0.4) is 0 Å². The van der Waals surface area contributed by atoms with Gasteiger partial charge in [-0.05, 0) is 180 Å². The molecule has 4 bridgehead atoms. The summed E-state index contributed by atoms with van der Waals surface area (Å²) in [5.74, 6) is 4.30. The van der Waals surface area contributed by atoms with Crippen LogP contribution in [0.2, 0.25) is 0 Å². The van der Waals surface area contributed by atoms with Crippen molar-refractivity contribution in [3.63, 3.8) is 0 Å². The maximum absolute atomic E-state index is 10.3. The van der Waals surface area contributed by atoms with Gasteiger partial charge in [0.2, 0.25) is 0 Å². The van der Waals surface area contributed by atoms with Gasteiger partial charge in [-0.15, -0.1) is 0 Å². The Morgan fingerprint density at radius 3 is 0.600 bits per heavy atom. The molecule has 12 N–H and O–H groups in total. The summed E-state index contributed by atoms with van der Waals surface area (Å²) in [7, 11) is 0. The van der Waals surface area contributed by atoms with Gasteiger partial charge in [0.15, 0.2) is 0 Å². The van der Waals surface area contributed by atoms with Crippen LogP contribution >= 0.6 is 0 Å². The number of benzene rings is 8. The van der Waals surface area contributed by atoms with E-state index in [2.05, 4.69) is 48.5 Å². The van der Waals surface area contributed by atoms with Crippen molar-refractivity contribution in [1.29, 1.82) is 0 Å². The van der Waals surface area contributed by atoms with Gasteiger partial charge < -0.3 is 62.3 Å². The molecule has 8 aromatic rings. The van der Waals surface area contributed by atoms with Gasteiger partial charge in [-0.25, -0.2) is 0 Å². The minimum atomic E-state index is -0.309. The molecule has 12 heteroatoms. The molecule has 0 saturated heterocycles. The minimum absolute atomic E-state index is 0.0407. The average Bonchev–Trinajstić information content (AvgIpc) is 3.34. The molecule has 0 heterocycles. The van der Waals surface area contributed by atoms with Gasteiger partial charge in [0.05, 0.1) is 22.7 Å². The zero-order valence-corrected chi connectivity index (χ0v) is 38.1. The fourth-order valence-corrected chi connectivity index (χ4v) is 12.3. The van der Waals surface area contributed by atoms with Crippen molar-refractivity contribution in [2.24, 2.45) is 0 Å². The van der Waals surface area contributed by atoms with E-state index in [9.17, 15) is 20.4 Å². The predicted molar refractivity (Wildman–Crippen MR) is 271 cm³/mol. The number of nitrogen functional groups attached to an aromatic ring is 4. The number of hydrogen-bond donors (Lipinski definition) is 8. The summed E-state index contributed by atoms with van der Waals surface area (Å²) in [5, 5.41) is 41.2. The summed E-state index contributed by atoms with van der Waals surface area (Å²) in [5.41, 5.74) is 28.3. The highest BCUT2D eigenvalue weighted by molar-refractivity contribution is 5.59. The smallest absolute Gasteiger partial charge is 0.142 e. The van der Waals surface area contributed by atoms with E-state index in [0.29, 0.717) is 46.0 Å². The number of nitrogens with two attached hydrogens (primary N) is 4. The molecule has 12 nitrogen and oxygen atoms in total. The van der Waals surface area contributed by atoms with Crippen molar-refractivity contribution in [3.05, 3.63) is 192 Å². The monoisotopic (exact) mass is 932 g/mol. The maximum atomic E-state index is 10.3. The van der Waals surface area contributed by atoms with Crippen molar-refractivity contribution < 1.29 is 39.4 Å². The van der Waals surface area contributed by atoms with E-state index in [1.165, 1.54) is 46.5 Å². The third-order valence-corrected chi connectivity index (χ3v) is 14.9. The van der Waals surface area contributed by atoms with Gasteiger partial charge in [0.25, 0.3) is 0 Å². The van der Waals surface area contributed by atoms with Gasteiger partial charge in [-0.1, -0.05) is 48.5 Å². The first-order valence-corrected chi connectivity index (χ1v) is 23.2. The van der Waals surface area contributed by atoms with E-state index in [4.69, 9.17) is 41.9 Å². The second-order valence-electron chi connectivity index (χ2n) is 19.6.